The fourth-order valence-corrected chi connectivity index (χ4v) is 5.40. The lowest BCUT2D eigenvalue weighted by molar-refractivity contribution is -0.656. The van der Waals surface area contributed by atoms with Crippen LogP contribution in [0, 0.1) is 13.8 Å². The molecule has 0 fully saturated rings. The molecule has 0 N–H and O–H groups in total. The van der Waals surface area contributed by atoms with E-state index in [4.69, 9.17) is 8.37 Å². The first-order chi connectivity index (χ1) is 20.5. The summed E-state index contributed by atoms with van der Waals surface area (Å²) < 4.78 is 46.5. The van der Waals surface area contributed by atoms with Gasteiger partial charge in [-0.2, -0.15) is 8.42 Å². The Morgan fingerprint density at radius 1 is 0.744 bits per heavy atom. The van der Waals surface area contributed by atoms with Crippen molar-refractivity contribution in [3.8, 4) is 0 Å². The average molecular weight is 647 g/mol. The molecular formula is C26H34N10O4S3+2. The van der Waals surface area contributed by atoms with Crippen LogP contribution in [0.3, 0.4) is 0 Å². The fraction of sp³-hybridized carbons (Fsp3) is 0.385. The maximum Gasteiger partial charge on any atom is 0.399 e. The number of likely N-dealkylation sites (N-methyl/N-ethyl adjacent to an activating group) is 2. The third-order valence-corrected chi connectivity index (χ3v) is 8.73. The third-order valence-electron chi connectivity index (χ3n) is 6.35. The number of anilines is 2. The van der Waals surface area contributed by atoms with Gasteiger partial charge < -0.3 is 9.80 Å². The van der Waals surface area contributed by atoms with Crippen molar-refractivity contribution in [3.63, 3.8) is 0 Å². The van der Waals surface area contributed by atoms with Crippen molar-refractivity contribution in [1.29, 1.82) is 0 Å². The molecule has 0 saturated carbocycles. The molecule has 0 saturated heterocycles. The Labute approximate surface area is 259 Å². The number of aromatic nitrogens is 4. The molecule has 228 valence electrons. The first-order valence-corrected chi connectivity index (χ1v) is 16.0. The molecule has 0 aliphatic carbocycles. The van der Waals surface area contributed by atoms with Crippen molar-refractivity contribution in [2.24, 2.45) is 34.6 Å². The van der Waals surface area contributed by atoms with Gasteiger partial charge >= 0.3 is 20.7 Å². The standard InChI is InChI=1S/C26H34N10O4S3/c1-19-15-21(7-9-23(19)29-31-25-35(5)17-27-41-25)33(3)11-13-39-43(37,38)40-14-12-34(4)22-8-10-24(20(2)16-22)30-32-26-36(6)18-28-42-26/h7-10,15-18H,11-14H2,1-6H3/q+2. The Morgan fingerprint density at radius 3 is 1.51 bits per heavy atom. The van der Waals surface area contributed by atoms with Crippen LogP contribution < -0.4 is 18.9 Å². The molecule has 2 heterocycles. The molecule has 0 atom stereocenters. The van der Waals surface area contributed by atoms with Gasteiger partial charge in [0, 0.05) is 48.8 Å². The maximum atomic E-state index is 12.3. The largest absolute Gasteiger partial charge is 0.399 e. The highest BCUT2D eigenvalue weighted by atomic mass is 32.3. The van der Waals surface area contributed by atoms with E-state index in [2.05, 4.69) is 29.2 Å². The van der Waals surface area contributed by atoms with Crippen molar-refractivity contribution < 1.29 is 25.9 Å². The lowest BCUT2D eigenvalue weighted by atomic mass is 10.1. The van der Waals surface area contributed by atoms with Gasteiger partial charge in [0.15, 0.2) is 0 Å². The van der Waals surface area contributed by atoms with E-state index in [1.54, 1.807) is 21.8 Å². The van der Waals surface area contributed by atoms with Crippen molar-refractivity contribution in [2.45, 2.75) is 13.8 Å². The summed E-state index contributed by atoms with van der Waals surface area (Å²) in [6.45, 7) is 4.43. The number of benzene rings is 2. The monoisotopic (exact) mass is 646 g/mol. The number of hydrogen-bond donors (Lipinski definition) is 0. The van der Waals surface area contributed by atoms with Gasteiger partial charge in [-0.25, -0.2) is 17.5 Å². The molecule has 0 aliphatic rings. The Morgan fingerprint density at radius 2 is 1.16 bits per heavy atom. The molecule has 43 heavy (non-hydrogen) atoms. The minimum absolute atomic E-state index is 0.0637. The highest BCUT2D eigenvalue weighted by molar-refractivity contribution is 7.81. The number of hydrogen-bond acceptors (Lipinski definition) is 14. The topological polar surface area (TPSA) is 142 Å². The molecule has 0 radical (unpaired) electrons. The van der Waals surface area contributed by atoms with E-state index < -0.39 is 10.4 Å². The van der Waals surface area contributed by atoms with Crippen molar-refractivity contribution in [2.75, 3.05) is 50.2 Å². The van der Waals surface area contributed by atoms with Crippen LogP contribution in [0.15, 0.2) is 69.5 Å². The zero-order valence-corrected chi connectivity index (χ0v) is 27.2. The van der Waals surface area contributed by atoms with Crippen molar-refractivity contribution in [3.05, 3.63) is 60.2 Å². The van der Waals surface area contributed by atoms with Crippen LogP contribution in [-0.2, 0) is 32.9 Å². The molecular weight excluding hydrogens is 613 g/mol. The predicted molar refractivity (Wildman–Crippen MR) is 165 cm³/mol. The van der Waals surface area contributed by atoms with Gasteiger partial charge in [0.1, 0.15) is 34.4 Å². The molecule has 17 heteroatoms. The Balaban J connectivity index is 1.21. The van der Waals surface area contributed by atoms with E-state index in [0.717, 1.165) is 33.9 Å². The summed E-state index contributed by atoms with van der Waals surface area (Å²) in [5.74, 6) is 0. The second kappa shape index (κ2) is 14.6. The van der Waals surface area contributed by atoms with Crippen LogP contribution in [0.2, 0.25) is 0 Å². The molecule has 0 aliphatic heterocycles. The van der Waals surface area contributed by atoms with Crippen LogP contribution in [0.25, 0.3) is 0 Å². The lowest BCUT2D eigenvalue weighted by Crippen LogP contribution is -2.27. The molecule has 0 unspecified atom stereocenters. The first-order valence-electron chi connectivity index (χ1n) is 13.1. The summed E-state index contributed by atoms with van der Waals surface area (Å²) in [5, 5.41) is 18.5. The highest BCUT2D eigenvalue weighted by Crippen LogP contribution is 2.27. The summed E-state index contributed by atoms with van der Waals surface area (Å²) in [4.78, 5) is 3.78. The van der Waals surface area contributed by atoms with E-state index in [9.17, 15) is 8.42 Å². The summed E-state index contributed by atoms with van der Waals surface area (Å²) in [7, 11) is 3.27. The normalized spacial score (nSPS) is 12.0. The molecule has 2 aromatic carbocycles. The summed E-state index contributed by atoms with van der Waals surface area (Å²) >= 11 is 2.52. The summed E-state index contributed by atoms with van der Waals surface area (Å²) in [6, 6.07) is 11.4. The molecule has 4 aromatic rings. The zero-order valence-electron chi connectivity index (χ0n) is 24.8. The lowest BCUT2D eigenvalue weighted by Gasteiger charge is -2.21. The highest BCUT2D eigenvalue weighted by Gasteiger charge is 2.15. The molecule has 0 amide bonds. The fourth-order valence-electron chi connectivity index (χ4n) is 3.70. The summed E-state index contributed by atoms with van der Waals surface area (Å²) in [5.41, 5.74) is 5.12. The number of aryl methyl sites for hydroxylation is 4. The van der Waals surface area contributed by atoms with Gasteiger partial charge in [0.05, 0.1) is 27.3 Å². The second-order valence-electron chi connectivity index (χ2n) is 9.65. The van der Waals surface area contributed by atoms with Crippen molar-refractivity contribution in [1.82, 2.24) is 8.75 Å². The van der Waals surface area contributed by atoms with E-state index in [1.165, 1.54) is 23.1 Å². The van der Waals surface area contributed by atoms with Gasteiger partial charge in [0.2, 0.25) is 12.7 Å². The van der Waals surface area contributed by atoms with E-state index in [1.807, 2.05) is 88.2 Å². The van der Waals surface area contributed by atoms with Crippen LogP contribution in [-0.4, -0.2) is 57.6 Å². The first kappa shape index (κ1) is 32.2. The quantitative estimate of drug-likeness (QED) is 0.144. The van der Waals surface area contributed by atoms with Crippen molar-refractivity contribution >= 4 is 66.5 Å². The van der Waals surface area contributed by atoms with Gasteiger partial charge in [0.25, 0.3) is 0 Å². The van der Waals surface area contributed by atoms with Gasteiger partial charge in [-0.15, -0.1) is 0 Å². The van der Waals surface area contributed by atoms with Gasteiger partial charge in [-0.05, 0) is 70.1 Å². The van der Waals surface area contributed by atoms with Crippen LogP contribution in [0.4, 0.5) is 33.0 Å². The minimum Gasteiger partial charge on any atom is -0.372 e. The minimum atomic E-state index is -4.15. The number of azo groups is 2. The van der Waals surface area contributed by atoms with E-state index >= 15 is 0 Å². The number of nitrogens with zero attached hydrogens (tertiary/aromatic N) is 10. The Kier molecular flexibility index (Phi) is 10.9. The Bertz CT molecular complexity index is 1590. The zero-order chi connectivity index (χ0) is 31.0. The van der Waals surface area contributed by atoms with Crippen LogP contribution in [0.5, 0.6) is 0 Å². The SMILES string of the molecule is Cc1cc(N(C)CCOS(=O)(=O)OCCN(C)c2ccc(/N=N/c3snc[n+]3C)c(C)c2)ccc1/N=N/c1snc[n+]1C. The van der Waals surface area contributed by atoms with Gasteiger partial charge in [-0.1, -0.05) is 10.2 Å². The summed E-state index contributed by atoms with van der Waals surface area (Å²) in [6.07, 6.45) is 3.36. The van der Waals surface area contributed by atoms with E-state index in [0.29, 0.717) is 23.4 Å². The van der Waals surface area contributed by atoms with E-state index in [-0.39, 0.29) is 13.2 Å². The predicted octanol–water partition coefficient (Wildman–Crippen LogP) is 4.55. The molecule has 4 rings (SSSR count). The molecule has 0 spiro atoms. The molecule has 0 bridgehead atoms. The number of rotatable bonds is 14. The second-order valence-corrected chi connectivity index (χ2v) is 12.5. The molecule has 14 nitrogen and oxygen atoms in total. The van der Waals surface area contributed by atoms with Crippen LogP contribution in [0.1, 0.15) is 11.1 Å². The average Bonchev–Trinajstić information content (AvgIpc) is 3.58. The molecule has 2 aromatic heterocycles. The smallest absolute Gasteiger partial charge is 0.372 e. The third kappa shape index (κ3) is 9.11. The maximum absolute atomic E-state index is 12.3. The van der Waals surface area contributed by atoms with Crippen LogP contribution >= 0.6 is 23.1 Å². The van der Waals surface area contributed by atoms with Gasteiger partial charge in [-0.3, -0.25) is 0 Å². The Hall–Kier alpha value is -3.77.